The Morgan fingerprint density at radius 1 is 1.24 bits per heavy atom. The summed E-state index contributed by atoms with van der Waals surface area (Å²) in [6.07, 6.45) is 0. The van der Waals surface area contributed by atoms with Crippen LogP contribution in [0.5, 0.6) is 5.75 Å². The van der Waals surface area contributed by atoms with Gasteiger partial charge >= 0.3 is 0 Å². The summed E-state index contributed by atoms with van der Waals surface area (Å²) in [4.78, 5) is 0.178. The molecule has 0 bridgehead atoms. The van der Waals surface area contributed by atoms with Crippen molar-refractivity contribution in [2.24, 2.45) is 0 Å². The van der Waals surface area contributed by atoms with E-state index in [1.165, 1.54) is 0 Å². The predicted octanol–water partition coefficient (Wildman–Crippen LogP) is 2.16. The first-order valence-corrected chi connectivity index (χ1v) is 7.00. The molecule has 0 radical (unpaired) electrons. The molecule has 17 heavy (non-hydrogen) atoms. The molecule has 0 atom stereocenters. The van der Waals surface area contributed by atoms with E-state index < -0.39 is 15.6 Å². The normalized spacial score (nSPS) is 12.5. The van der Waals surface area contributed by atoms with E-state index in [4.69, 9.17) is 4.74 Å². The fraction of sp³-hybridized carbons (Fsp3) is 0.500. The maximum Gasteiger partial charge on any atom is 0.244 e. The van der Waals surface area contributed by atoms with Crippen molar-refractivity contribution < 1.29 is 13.2 Å². The second-order valence-corrected chi connectivity index (χ2v) is 6.39. The van der Waals surface area contributed by atoms with Crippen LogP contribution in [0.2, 0.25) is 0 Å². The summed E-state index contributed by atoms with van der Waals surface area (Å²) < 4.78 is 32.2. The minimum absolute atomic E-state index is 0.178. The van der Waals surface area contributed by atoms with E-state index in [1.54, 1.807) is 45.0 Å². The van der Waals surface area contributed by atoms with Crippen LogP contribution in [0.25, 0.3) is 0 Å². The van der Waals surface area contributed by atoms with E-state index >= 15 is 0 Å². The van der Waals surface area contributed by atoms with Gasteiger partial charge in [-0.3, -0.25) is 0 Å². The summed E-state index contributed by atoms with van der Waals surface area (Å²) in [5, 5.41) is 0. The van der Waals surface area contributed by atoms with E-state index in [2.05, 4.69) is 4.72 Å². The van der Waals surface area contributed by atoms with E-state index in [0.29, 0.717) is 12.4 Å². The summed E-state index contributed by atoms with van der Waals surface area (Å²) in [6, 6.07) is 6.63. The van der Waals surface area contributed by atoms with Gasteiger partial charge in [0.2, 0.25) is 10.0 Å². The molecular weight excluding hydrogens is 238 g/mol. The van der Waals surface area contributed by atoms with Gasteiger partial charge in [-0.2, -0.15) is 0 Å². The molecule has 0 aliphatic heterocycles. The Labute approximate surface area is 103 Å². The van der Waals surface area contributed by atoms with Crippen LogP contribution < -0.4 is 9.46 Å². The van der Waals surface area contributed by atoms with Crippen LogP contribution in [-0.4, -0.2) is 20.6 Å². The monoisotopic (exact) mass is 257 g/mol. The van der Waals surface area contributed by atoms with Gasteiger partial charge in [-0.05, 0) is 39.8 Å². The highest BCUT2D eigenvalue weighted by Crippen LogP contribution is 2.24. The van der Waals surface area contributed by atoms with Crippen LogP contribution >= 0.6 is 0 Å². The number of nitrogens with one attached hydrogen (secondary N) is 1. The molecule has 0 spiro atoms. The molecule has 0 aromatic heterocycles. The highest BCUT2D eigenvalue weighted by molar-refractivity contribution is 7.89. The van der Waals surface area contributed by atoms with Crippen molar-refractivity contribution in [2.75, 3.05) is 6.61 Å². The first-order valence-electron chi connectivity index (χ1n) is 5.52. The van der Waals surface area contributed by atoms with Crippen LogP contribution in [0, 0.1) is 0 Å². The predicted molar refractivity (Wildman–Crippen MR) is 67.7 cm³/mol. The third kappa shape index (κ3) is 4.02. The fourth-order valence-electron chi connectivity index (χ4n) is 1.40. The highest BCUT2D eigenvalue weighted by atomic mass is 32.2. The maximum absolute atomic E-state index is 12.2. The number of para-hydroxylation sites is 1. The summed E-state index contributed by atoms with van der Waals surface area (Å²) in [7, 11) is -3.55. The van der Waals surface area contributed by atoms with Crippen molar-refractivity contribution >= 4 is 10.0 Å². The zero-order valence-corrected chi connectivity index (χ0v) is 11.5. The van der Waals surface area contributed by atoms with Crippen LogP contribution in [0.3, 0.4) is 0 Å². The van der Waals surface area contributed by atoms with Gasteiger partial charge in [0, 0.05) is 5.54 Å². The fourth-order valence-corrected chi connectivity index (χ4v) is 2.97. The van der Waals surface area contributed by atoms with Crippen LogP contribution in [0.15, 0.2) is 29.2 Å². The molecule has 1 N–H and O–H groups in total. The molecule has 5 heteroatoms. The Morgan fingerprint density at radius 3 is 2.35 bits per heavy atom. The molecular formula is C12H19NO3S. The van der Waals surface area contributed by atoms with Crippen LogP contribution in [-0.2, 0) is 10.0 Å². The molecule has 0 aliphatic rings. The van der Waals surface area contributed by atoms with Crippen molar-refractivity contribution in [2.45, 2.75) is 38.1 Å². The zero-order chi connectivity index (χ0) is 13.1. The van der Waals surface area contributed by atoms with E-state index in [1.807, 2.05) is 6.92 Å². The molecule has 4 nitrogen and oxygen atoms in total. The Kier molecular flexibility index (Phi) is 4.16. The topological polar surface area (TPSA) is 55.4 Å². The molecule has 1 aromatic carbocycles. The molecule has 0 saturated carbocycles. The summed E-state index contributed by atoms with van der Waals surface area (Å²) in [5.41, 5.74) is -0.516. The van der Waals surface area contributed by atoms with Crippen molar-refractivity contribution in [3.8, 4) is 5.75 Å². The largest absolute Gasteiger partial charge is 0.492 e. The zero-order valence-electron chi connectivity index (χ0n) is 10.6. The van der Waals surface area contributed by atoms with Gasteiger partial charge in [-0.25, -0.2) is 13.1 Å². The Hall–Kier alpha value is -1.07. The molecule has 0 aliphatic carbocycles. The summed E-state index contributed by atoms with van der Waals surface area (Å²) in [6.45, 7) is 7.65. The average molecular weight is 257 g/mol. The van der Waals surface area contributed by atoms with Crippen LogP contribution in [0.4, 0.5) is 0 Å². The van der Waals surface area contributed by atoms with Crippen molar-refractivity contribution in [1.82, 2.24) is 4.72 Å². The number of sulfonamides is 1. The Bertz CT molecular complexity index is 475. The van der Waals surface area contributed by atoms with E-state index in [9.17, 15) is 8.42 Å². The lowest BCUT2D eigenvalue weighted by atomic mass is 10.1. The Balaban J connectivity index is 3.15. The lowest BCUT2D eigenvalue weighted by molar-refractivity contribution is 0.330. The van der Waals surface area contributed by atoms with Gasteiger partial charge in [0.1, 0.15) is 10.6 Å². The summed E-state index contributed by atoms with van der Waals surface area (Å²) >= 11 is 0. The van der Waals surface area contributed by atoms with E-state index in [-0.39, 0.29) is 4.90 Å². The molecule has 0 unspecified atom stereocenters. The van der Waals surface area contributed by atoms with E-state index in [0.717, 1.165) is 0 Å². The standard InChI is InChI=1S/C12H19NO3S/c1-5-16-10-8-6-7-9-11(10)17(14,15)13-12(2,3)4/h6-9,13H,5H2,1-4H3. The molecule has 1 rings (SSSR count). The first kappa shape index (κ1) is 14.0. The number of benzene rings is 1. The average Bonchev–Trinajstić information content (AvgIpc) is 2.15. The second kappa shape index (κ2) is 5.06. The maximum atomic E-state index is 12.2. The molecule has 0 fully saturated rings. The number of hydrogen-bond donors (Lipinski definition) is 1. The molecule has 0 saturated heterocycles. The SMILES string of the molecule is CCOc1ccccc1S(=O)(=O)NC(C)(C)C. The lowest BCUT2D eigenvalue weighted by Gasteiger charge is -2.21. The van der Waals surface area contributed by atoms with Gasteiger partial charge in [0.25, 0.3) is 0 Å². The molecule has 0 amide bonds. The molecule has 96 valence electrons. The number of rotatable bonds is 4. The van der Waals surface area contributed by atoms with Crippen molar-refractivity contribution in [1.29, 1.82) is 0 Å². The minimum Gasteiger partial charge on any atom is -0.492 e. The third-order valence-electron chi connectivity index (χ3n) is 1.88. The van der Waals surface area contributed by atoms with Gasteiger partial charge in [0.15, 0.2) is 0 Å². The molecule has 1 aromatic rings. The van der Waals surface area contributed by atoms with Gasteiger partial charge < -0.3 is 4.74 Å². The van der Waals surface area contributed by atoms with Crippen molar-refractivity contribution in [3.63, 3.8) is 0 Å². The Morgan fingerprint density at radius 2 is 1.82 bits per heavy atom. The smallest absolute Gasteiger partial charge is 0.244 e. The molecule has 0 heterocycles. The van der Waals surface area contributed by atoms with Crippen molar-refractivity contribution in [3.05, 3.63) is 24.3 Å². The number of hydrogen-bond acceptors (Lipinski definition) is 3. The minimum atomic E-state index is -3.55. The quantitative estimate of drug-likeness (QED) is 0.899. The van der Waals surface area contributed by atoms with Gasteiger partial charge in [-0.1, -0.05) is 12.1 Å². The highest BCUT2D eigenvalue weighted by Gasteiger charge is 2.24. The summed E-state index contributed by atoms with van der Waals surface area (Å²) in [5.74, 6) is 0.381. The number of ether oxygens (including phenoxy) is 1. The van der Waals surface area contributed by atoms with Gasteiger partial charge in [-0.15, -0.1) is 0 Å². The lowest BCUT2D eigenvalue weighted by Crippen LogP contribution is -2.40. The van der Waals surface area contributed by atoms with Crippen LogP contribution in [0.1, 0.15) is 27.7 Å². The second-order valence-electron chi connectivity index (χ2n) is 4.74. The third-order valence-corrected chi connectivity index (χ3v) is 3.68. The first-order chi connectivity index (χ1) is 7.76. The van der Waals surface area contributed by atoms with Gasteiger partial charge in [0.05, 0.1) is 6.61 Å².